The Kier molecular flexibility index (Phi) is 4.14. The smallest absolute Gasteiger partial charge is 0.123 e. The molecule has 1 aliphatic heterocycles. The van der Waals surface area contributed by atoms with Crippen LogP contribution in [0, 0.1) is 17.7 Å². The van der Waals surface area contributed by atoms with Crippen molar-refractivity contribution in [1.82, 2.24) is 0 Å². The van der Waals surface area contributed by atoms with Gasteiger partial charge in [0.05, 0.1) is 6.10 Å². The van der Waals surface area contributed by atoms with Crippen LogP contribution in [0.3, 0.4) is 0 Å². The molecule has 1 aromatic carbocycles. The molecule has 0 aromatic heterocycles. The highest BCUT2D eigenvalue weighted by atomic mass is 19.1. The lowest BCUT2D eigenvalue weighted by atomic mass is 9.85. The number of aliphatic hydroxyl groups is 1. The number of hydrogen-bond acceptors (Lipinski definition) is 2. The molecule has 2 nitrogen and oxygen atoms in total. The molecule has 1 heterocycles. The van der Waals surface area contributed by atoms with Crippen LogP contribution in [-0.4, -0.2) is 17.7 Å². The maximum atomic E-state index is 13.4. The monoisotopic (exact) mass is 265 g/mol. The van der Waals surface area contributed by atoms with Gasteiger partial charge in [-0.1, -0.05) is 13.8 Å². The average Bonchev–Trinajstić information content (AvgIpc) is 2.34. The van der Waals surface area contributed by atoms with E-state index in [1.807, 2.05) is 0 Å². The van der Waals surface area contributed by atoms with Crippen molar-refractivity contribution in [3.05, 3.63) is 29.6 Å². The molecule has 0 amide bonds. The van der Waals surface area contributed by atoms with Crippen molar-refractivity contribution in [2.24, 2.45) is 11.8 Å². The lowest BCUT2D eigenvalue weighted by Gasteiger charge is -2.43. The first kappa shape index (κ1) is 14.3. The molecule has 1 fully saturated rings. The summed E-state index contributed by atoms with van der Waals surface area (Å²) in [5, 5.41) is 9.88. The first-order chi connectivity index (χ1) is 8.90. The van der Waals surface area contributed by atoms with Crippen molar-refractivity contribution in [3.63, 3.8) is 0 Å². The van der Waals surface area contributed by atoms with Crippen LogP contribution in [0.25, 0.3) is 0 Å². The van der Waals surface area contributed by atoms with Gasteiger partial charge >= 0.3 is 0 Å². The molecule has 1 aromatic rings. The van der Waals surface area contributed by atoms with Gasteiger partial charge in [-0.25, -0.2) is 4.39 Å². The van der Waals surface area contributed by atoms with E-state index in [9.17, 15) is 9.50 Å². The second-order valence-electron chi connectivity index (χ2n) is 6.09. The number of anilines is 1. The Hall–Kier alpha value is -1.09. The van der Waals surface area contributed by atoms with Crippen LogP contribution in [0.1, 0.15) is 45.8 Å². The Bertz CT molecular complexity index is 446. The topological polar surface area (TPSA) is 23.5 Å². The molecule has 0 aliphatic carbocycles. The molecule has 4 atom stereocenters. The summed E-state index contributed by atoms with van der Waals surface area (Å²) >= 11 is 0. The summed E-state index contributed by atoms with van der Waals surface area (Å²) in [6.45, 7) is 9.39. The Labute approximate surface area is 115 Å². The number of aliphatic hydroxyl groups excluding tert-OH is 1. The molecule has 1 saturated heterocycles. The second kappa shape index (κ2) is 5.49. The minimum atomic E-state index is -0.648. The van der Waals surface area contributed by atoms with Crippen LogP contribution in [0.15, 0.2) is 18.2 Å². The van der Waals surface area contributed by atoms with Gasteiger partial charge < -0.3 is 10.0 Å². The minimum Gasteiger partial charge on any atom is -0.389 e. The van der Waals surface area contributed by atoms with Crippen LogP contribution in [0.4, 0.5) is 10.1 Å². The van der Waals surface area contributed by atoms with Gasteiger partial charge in [0.2, 0.25) is 0 Å². The first-order valence-electron chi connectivity index (χ1n) is 7.14. The molecule has 19 heavy (non-hydrogen) atoms. The van der Waals surface area contributed by atoms with Gasteiger partial charge in [0, 0.05) is 23.8 Å². The van der Waals surface area contributed by atoms with E-state index in [1.54, 1.807) is 13.0 Å². The van der Waals surface area contributed by atoms with Crippen LogP contribution >= 0.6 is 0 Å². The van der Waals surface area contributed by atoms with Gasteiger partial charge in [-0.05, 0) is 50.3 Å². The highest BCUT2D eigenvalue weighted by Crippen LogP contribution is 2.35. The van der Waals surface area contributed by atoms with Gasteiger partial charge in [-0.3, -0.25) is 0 Å². The summed E-state index contributed by atoms with van der Waals surface area (Å²) < 4.78 is 13.4. The van der Waals surface area contributed by atoms with Crippen LogP contribution in [0.5, 0.6) is 0 Å². The lowest BCUT2D eigenvalue weighted by molar-refractivity contribution is 0.198. The molecule has 106 valence electrons. The Morgan fingerprint density at radius 2 is 2.00 bits per heavy atom. The van der Waals surface area contributed by atoms with E-state index < -0.39 is 6.10 Å². The molecular weight excluding hydrogens is 241 g/mol. The molecule has 3 heteroatoms. The SMILES string of the molecule is CC1CC(C)C(C)N(c2ccc(F)cc2[C@@H](C)O)C1. The van der Waals surface area contributed by atoms with Crippen molar-refractivity contribution in [2.75, 3.05) is 11.4 Å². The molecule has 0 bridgehead atoms. The molecule has 3 unspecified atom stereocenters. The zero-order valence-corrected chi connectivity index (χ0v) is 12.2. The largest absolute Gasteiger partial charge is 0.389 e. The average molecular weight is 265 g/mol. The highest BCUT2D eigenvalue weighted by Gasteiger charge is 2.30. The number of hydrogen-bond donors (Lipinski definition) is 1. The number of nitrogens with zero attached hydrogens (tertiary/aromatic N) is 1. The minimum absolute atomic E-state index is 0.287. The normalized spacial score (nSPS) is 29.4. The lowest BCUT2D eigenvalue weighted by Crippen LogP contribution is -2.46. The summed E-state index contributed by atoms with van der Waals surface area (Å²) in [4.78, 5) is 2.32. The maximum absolute atomic E-state index is 13.4. The zero-order chi connectivity index (χ0) is 14.2. The van der Waals surface area contributed by atoms with E-state index in [1.165, 1.54) is 18.6 Å². The van der Waals surface area contributed by atoms with E-state index >= 15 is 0 Å². The van der Waals surface area contributed by atoms with E-state index in [2.05, 4.69) is 25.7 Å². The number of rotatable bonds is 2. The Balaban J connectivity index is 2.39. The number of halogens is 1. The Morgan fingerprint density at radius 1 is 1.32 bits per heavy atom. The summed E-state index contributed by atoms with van der Waals surface area (Å²) in [7, 11) is 0. The Morgan fingerprint density at radius 3 is 2.63 bits per heavy atom. The third kappa shape index (κ3) is 2.92. The van der Waals surface area contributed by atoms with Gasteiger partial charge in [-0.2, -0.15) is 0 Å². The van der Waals surface area contributed by atoms with Crippen molar-refractivity contribution in [1.29, 1.82) is 0 Å². The van der Waals surface area contributed by atoms with Gasteiger partial charge in [0.25, 0.3) is 0 Å². The fourth-order valence-corrected chi connectivity index (χ4v) is 3.15. The zero-order valence-electron chi connectivity index (χ0n) is 12.2. The molecule has 1 N–H and O–H groups in total. The maximum Gasteiger partial charge on any atom is 0.123 e. The van der Waals surface area contributed by atoms with Gasteiger partial charge in [0.15, 0.2) is 0 Å². The van der Waals surface area contributed by atoms with Crippen molar-refractivity contribution in [2.45, 2.75) is 46.3 Å². The third-order valence-electron chi connectivity index (χ3n) is 4.35. The molecule has 2 rings (SSSR count). The summed E-state index contributed by atoms with van der Waals surface area (Å²) in [6.07, 6.45) is 0.577. The number of piperidine rings is 1. The van der Waals surface area contributed by atoms with Gasteiger partial charge in [0.1, 0.15) is 5.82 Å². The number of benzene rings is 1. The molecule has 1 aliphatic rings. The van der Waals surface area contributed by atoms with Crippen LogP contribution in [-0.2, 0) is 0 Å². The molecule has 0 spiro atoms. The first-order valence-corrected chi connectivity index (χ1v) is 7.14. The second-order valence-corrected chi connectivity index (χ2v) is 6.09. The van der Waals surface area contributed by atoms with Crippen LogP contribution in [0.2, 0.25) is 0 Å². The predicted molar refractivity (Wildman–Crippen MR) is 76.8 cm³/mol. The third-order valence-corrected chi connectivity index (χ3v) is 4.35. The van der Waals surface area contributed by atoms with E-state index in [0.717, 1.165) is 12.2 Å². The summed E-state index contributed by atoms with van der Waals surface area (Å²) in [5.41, 5.74) is 1.66. The fourth-order valence-electron chi connectivity index (χ4n) is 3.15. The van der Waals surface area contributed by atoms with Crippen molar-refractivity contribution in [3.8, 4) is 0 Å². The van der Waals surface area contributed by atoms with Crippen molar-refractivity contribution >= 4 is 5.69 Å². The van der Waals surface area contributed by atoms with E-state index in [4.69, 9.17) is 0 Å². The molecular formula is C16H24FNO. The van der Waals surface area contributed by atoms with Crippen LogP contribution < -0.4 is 4.90 Å². The fraction of sp³-hybridized carbons (Fsp3) is 0.625. The molecule has 0 saturated carbocycles. The van der Waals surface area contributed by atoms with Crippen molar-refractivity contribution < 1.29 is 9.50 Å². The highest BCUT2D eigenvalue weighted by molar-refractivity contribution is 5.56. The van der Waals surface area contributed by atoms with E-state index in [0.29, 0.717) is 23.4 Å². The quantitative estimate of drug-likeness (QED) is 0.880. The van der Waals surface area contributed by atoms with Gasteiger partial charge in [-0.15, -0.1) is 0 Å². The summed E-state index contributed by atoms with van der Waals surface area (Å²) in [5.74, 6) is 0.944. The predicted octanol–water partition coefficient (Wildman–Crippen LogP) is 3.75. The van der Waals surface area contributed by atoms with E-state index in [-0.39, 0.29) is 5.82 Å². The molecule has 0 radical (unpaired) electrons. The summed E-state index contributed by atoms with van der Waals surface area (Å²) in [6, 6.07) is 5.16. The standard InChI is InChI=1S/C16H24FNO/c1-10-7-11(2)12(3)18(9-10)16-6-5-14(17)8-15(16)13(4)19/h5-6,8,10-13,19H,7,9H2,1-4H3/t10?,11?,12?,13-/m1/s1.